The third kappa shape index (κ3) is 57.6. The summed E-state index contributed by atoms with van der Waals surface area (Å²) in [6.07, 6.45) is 76.9. The summed E-state index contributed by atoms with van der Waals surface area (Å²) in [6.45, 7) is 6.87. The topological polar surface area (TPSA) is 111 Å². The van der Waals surface area contributed by atoms with E-state index in [0.29, 0.717) is 23.9 Å². The van der Waals surface area contributed by atoms with Gasteiger partial charge < -0.3 is 19.4 Å². The largest absolute Gasteiger partial charge is 0.472 e. The molecule has 1 amide bonds. The fraction of sp³-hybridized carbons (Fsp3) is 0.735. The summed E-state index contributed by atoms with van der Waals surface area (Å²) in [5.41, 5.74) is 0. The van der Waals surface area contributed by atoms with Crippen LogP contribution < -0.4 is 5.32 Å². The van der Waals surface area contributed by atoms with Crippen LogP contribution in [0.4, 0.5) is 0 Å². The molecule has 0 radical (unpaired) electrons. The number of ether oxygens (including phenoxy) is 1. The van der Waals surface area contributed by atoms with Gasteiger partial charge in [-0.25, -0.2) is 4.57 Å². The number of phosphoric ester groups is 1. The van der Waals surface area contributed by atoms with Crippen LogP contribution in [0.25, 0.3) is 0 Å². The van der Waals surface area contributed by atoms with Crippen LogP contribution in [-0.4, -0.2) is 74.3 Å². The van der Waals surface area contributed by atoms with Gasteiger partial charge in [0.15, 0.2) is 0 Å². The van der Waals surface area contributed by atoms with Gasteiger partial charge >= 0.3 is 13.8 Å². The molecule has 3 atom stereocenters. The Balaban J connectivity index is 5.13. The van der Waals surface area contributed by atoms with Crippen molar-refractivity contribution >= 4 is 19.7 Å². The molecular formula is C68H122N2O7P+. The van der Waals surface area contributed by atoms with Crippen LogP contribution in [0, 0.1) is 0 Å². The third-order valence-electron chi connectivity index (χ3n) is 13.8. The van der Waals surface area contributed by atoms with Crippen LogP contribution in [0.3, 0.4) is 0 Å². The first kappa shape index (κ1) is 74.9. The molecule has 3 unspecified atom stereocenters. The summed E-state index contributed by atoms with van der Waals surface area (Å²) in [6, 6.07) is -0.863. The monoisotopic (exact) mass is 1110 g/mol. The van der Waals surface area contributed by atoms with Crippen molar-refractivity contribution in [1.82, 2.24) is 5.32 Å². The summed E-state index contributed by atoms with van der Waals surface area (Å²) >= 11 is 0. The maximum Gasteiger partial charge on any atom is 0.472 e. The predicted octanol–water partition coefficient (Wildman–Crippen LogP) is 19.9. The maximum absolute atomic E-state index is 13.6. The number of carbonyl (C=O) groups excluding carboxylic acids is 2. The van der Waals surface area contributed by atoms with E-state index in [1.165, 1.54) is 116 Å². The van der Waals surface area contributed by atoms with E-state index in [4.69, 9.17) is 13.8 Å². The Labute approximate surface area is 481 Å². The Morgan fingerprint density at radius 2 is 0.821 bits per heavy atom. The van der Waals surface area contributed by atoms with Gasteiger partial charge in [0.25, 0.3) is 0 Å². The highest BCUT2D eigenvalue weighted by Gasteiger charge is 2.30. The lowest BCUT2D eigenvalue weighted by Gasteiger charge is -2.27. The normalized spacial score (nSPS) is 14.3. The first-order valence-electron chi connectivity index (χ1n) is 32.1. The van der Waals surface area contributed by atoms with Crippen LogP contribution in [-0.2, 0) is 27.9 Å². The minimum atomic E-state index is -4.46. The molecule has 0 aliphatic carbocycles. The first-order valence-corrected chi connectivity index (χ1v) is 33.6. The molecule has 0 aromatic carbocycles. The summed E-state index contributed by atoms with van der Waals surface area (Å²) < 4.78 is 30.7. The van der Waals surface area contributed by atoms with Gasteiger partial charge in [0.2, 0.25) is 5.91 Å². The molecule has 0 aromatic rings. The van der Waals surface area contributed by atoms with Crippen molar-refractivity contribution in [2.45, 2.75) is 283 Å². The van der Waals surface area contributed by atoms with Gasteiger partial charge in [-0.1, -0.05) is 247 Å². The Bertz CT molecular complexity index is 1660. The minimum Gasteiger partial charge on any atom is -0.456 e. The number of quaternary nitrogens is 1. The fourth-order valence-electron chi connectivity index (χ4n) is 8.82. The number of esters is 1. The molecule has 9 nitrogen and oxygen atoms in total. The zero-order chi connectivity index (χ0) is 57.2. The number of nitrogens with zero attached hydrogens (tertiary/aromatic N) is 1. The van der Waals surface area contributed by atoms with E-state index < -0.39 is 20.0 Å². The second-order valence-corrected chi connectivity index (χ2v) is 24.0. The summed E-state index contributed by atoms with van der Waals surface area (Å²) in [5.74, 6) is -0.535. The lowest BCUT2D eigenvalue weighted by atomic mass is 10.0. The Morgan fingerprint density at radius 1 is 0.462 bits per heavy atom. The number of amides is 1. The van der Waals surface area contributed by atoms with Gasteiger partial charge in [-0.05, 0) is 109 Å². The van der Waals surface area contributed by atoms with Gasteiger partial charge in [0, 0.05) is 12.8 Å². The Hall–Kier alpha value is -3.07. The van der Waals surface area contributed by atoms with Crippen molar-refractivity contribution in [2.75, 3.05) is 40.9 Å². The predicted molar refractivity (Wildman–Crippen MR) is 337 cm³/mol. The molecule has 0 aromatic heterocycles. The highest BCUT2D eigenvalue weighted by Crippen LogP contribution is 2.43. The number of rotatable bonds is 57. The molecule has 0 fully saturated rings. The Kier molecular flexibility index (Phi) is 54.9. The molecule has 0 aliphatic heterocycles. The molecule has 78 heavy (non-hydrogen) atoms. The van der Waals surface area contributed by atoms with Gasteiger partial charge in [0.1, 0.15) is 19.3 Å². The number of hydrogen-bond acceptors (Lipinski definition) is 6. The van der Waals surface area contributed by atoms with Crippen molar-refractivity contribution in [1.29, 1.82) is 0 Å². The third-order valence-corrected chi connectivity index (χ3v) is 14.7. The van der Waals surface area contributed by atoms with Gasteiger partial charge in [-0.15, -0.1) is 0 Å². The second-order valence-electron chi connectivity index (χ2n) is 22.5. The first-order chi connectivity index (χ1) is 37.9. The molecule has 0 rings (SSSR count). The molecule has 0 saturated heterocycles. The summed E-state index contributed by atoms with van der Waals surface area (Å²) in [4.78, 5) is 37.7. The highest BCUT2D eigenvalue weighted by molar-refractivity contribution is 7.47. The van der Waals surface area contributed by atoms with Gasteiger partial charge in [-0.2, -0.15) is 0 Å². The van der Waals surface area contributed by atoms with Crippen molar-refractivity contribution in [3.05, 3.63) is 97.2 Å². The minimum absolute atomic E-state index is 0.0325. The highest BCUT2D eigenvalue weighted by atomic mass is 31.2. The molecule has 0 spiro atoms. The number of unbranched alkanes of at least 4 members (excludes halogenated alkanes) is 27. The number of hydrogen-bond donors (Lipinski definition) is 2. The second kappa shape index (κ2) is 57.2. The van der Waals surface area contributed by atoms with Crippen molar-refractivity contribution < 1.29 is 37.3 Å². The van der Waals surface area contributed by atoms with Gasteiger partial charge in [-0.3, -0.25) is 18.6 Å². The van der Waals surface area contributed by atoms with Crippen LogP contribution in [0.5, 0.6) is 0 Å². The number of likely N-dealkylation sites (N-methyl/N-ethyl adjacent to an activating group) is 1. The zero-order valence-electron chi connectivity index (χ0n) is 51.4. The summed E-state index contributed by atoms with van der Waals surface area (Å²) in [5, 5.41) is 3.05. The van der Waals surface area contributed by atoms with Crippen LogP contribution in [0.2, 0.25) is 0 Å². The molecule has 0 bridgehead atoms. The zero-order valence-corrected chi connectivity index (χ0v) is 52.3. The standard InChI is InChI=1S/C68H121N2O7P/c1-7-10-13-16-19-22-25-28-29-30-31-32-33-34-35-36-37-38-39-40-41-43-45-48-51-54-57-60-67(71)69-65(64-76-78(73,74)75-63-62-70(4,5)6)66(59-56-53-50-47-44-27-24-21-18-15-12-9-3)77-68(72)61-58-55-52-49-46-42-26-23-20-17-14-11-8-2/h10,13,19,22,28-29,31-32,34-35,37-38,42,46,56,59,65-66H,7-9,11-12,14-18,20-21,23-27,30,33,36,39-41,43-45,47-55,57-58,60-64H2,1-6H3,(H-,69,71,73,74)/p+1/b13-10-,22-19-,29-28-,32-31-,35-34-,38-37-,46-42-,59-56-. The molecule has 0 saturated carbocycles. The van der Waals surface area contributed by atoms with Gasteiger partial charge in [0.05, 0.1) is 33.8 Å². The molecule has 0 aliphatic rings. The number of phosphoric acid groups is 1. The number of nitrogens with one attached hydrogen (secondary N) is 1. The van der Waals surface area contributed by atoms with Crippen LogP contribution in [0.1, 0.15) is 271 Å². The molecule has 2 N–H and O–H groups in total. The van der Waals surface area contributed by atoms with Crippen LogP contribution >= 0.6 is 7.82 Å². The lowest BCUT2D eigenvalue weighted by molar-refractivity contribution is -0.870. The summed E-state index contributed by atoms with van der Waals surface area (Å²) in [7, 11) is 1.47. The fourth-order valence-corrected chi connectivity index (χ4v) is 9.56. The average Bonchev–Trinajstić information content (AvgIpc) is 3.40. The molecule has 0 heterocycles. The van der Waals surface area contributed by atoms with Crippen LogP contribution in [0.15, 0.2) is 97.2 Å². The molecule has 10 heteroatoms. The van der Waals surface area contributed by atoms with E-state index in [0.717, 1.165) is 116 Å². The van der Waals surface area contributed by atoms with E-state index in [2.05, 4.69) is 111 Å². The van der Waals surface area contributed by atoms with E-state index in [1.807, 2.05) is 33.3 Å². The maximum atomic E-state index is 13.6. The van der Waals surface area contributed by atoms with Crippen molar-refractivity contribution in [2.24, 2.45) is 0 Å². The van der Waals surface area contributed by atoms with E-state index in [9.17, 15) is 19.0 Å². The lowest BCUT2D eigenvalue weighted by Crippen LogP contribution is -2.47. The SMILES string of the molecule is CC/C=C\C/C=C\C/C=C\C/C=C\C/C=C\C/C=C\CCCCCCCCCCC(=O)NC(COP(=O)(O)OCC[N+](C)(C)C)C(/C=C\CCCCCCCCCCCC)OC(=O)CCCCC/C=C\CCCCCCCC. The molecule has 450 valence electrons. The number of carbonyl (C=O) groups is 2. The van der Waals surface area contributed by atoms with E-state index in [-0.39, 0.29) is 31.5 Å². The van der Waals surface area contributed by atoms with Crippen molar-refractivity contribution in [3.8, 4) is 0 Å². The average molecular weight is 1110 g/mol. The van der Waals surface area contributed by atoms with E-state index >= 15 is 0 Å². The smallest absolute Gasteiger partial charge is 0.456 e. The van der Waals surface area contributed by atoms with Crippen molar-refractivity contribution in [3.63, 3.8) is 0 Å². The molecular weight excluding hydrogens is 988 g/mol. The quantitative estimate of drug-likeness (QED) is 0.0205. The number of allylic oxidation sites excluding steroid dienone is 15. The Morgan fingerprint density at radius 3 is 1.26 bits per heavy atom. The van der Waals surface area contributed by atoms with E-state index in [1.54, 1.807) is 0 Å².